The fraction of sp³-hybridized carbons (Fsp3) is 0. The van der Waals surface area contributed by atoms with Crippen LogP contribution in [0.1, 0.15) is 0 Å². The van der Waals surface area contributed by atoms with E-state index in [1.54, 1.807) is 0 Å². The zero-order chi connectivity index (χ0) is 35.6. The maximum atomic E-state index is 6.38. The monoisotopic (exact) mass is 690 g/mol. The standard InChI is InChI=1S/C49H30N4O/c1-3-13-31(14-4-1)32-25-27-34(28-26-32)48-50-47(33-15-5-2-6-16-33)51-49(52-48)53-42-30-36-18-8-7-17-35(36)29-41(42)39-22-11-21-38(46(39)53)37-20-12-24-44-45(37)40-19-9-10-23-43(40)54-44/h1-30H. The van der Waals surface area contributed by atoms with Crippen LogP contribution in [0.4, 0.5) is 0 Å². The maximum Gasteiger partial charge on any atom is 0.238 e. The molecule has 11 rings (SSSR count). The van der Waals surface area contributed by atoms with Crippen molar-refractivity contribution < 1.29 is 4.42 Å². The lowest BCUT2D eigenvalue weighted by Crippen LogP contribution is -2.07. The molecule has 0 bridgehead atoms. The molecule has 0 spiro atoms. The van der Waals surface area contributed by atoms with Gasteiger partial charge in [-0.25, -0.2) is 4.98 Å². The number of para-hydroxylation sites is 2. The first-order valence-corrected chi connectivity index (χ1v) is 18.1. The minimum atomic E-state index is 0.554. The first-order chi connectivity index (χ1) is 26.8. The smallest absolute Gasteiger partial charge is 0.238 e. The van der Waals surface area contributed by atoms with Gasteiger partial charge in [-0.3, -0.25) is 4.57 Å². The van der Waals surface area contributed by atoms with E-state index in [-0.39, 0.29) is 0 Å². The predicted octanol–water partition coefficient (Wildman–Crippen LogP) is 12.7. The fourth-order valence-electron chi connectivity index (χ4n) is 7.93. The lowest BCUT2D eigenvalue weighted by Gasteiger charge is -2.14. The van der Waals surface area contributed by atoms with Crippen molar-refractivity contribution in [3.63, 3.8) is 0 Å². The van der Waals surface area contributed by atoms with Crippen LogP contribution in [0.25, 0.3) is 105 Å². The van der Waals surface area contributed by atoms with Gasteiger partial charge in [-0.2, -0.15) is 9.97 Å². The molecule has 0 radical (unpaired) electrons. The van der Waals surface area contributed by atoms with Gasteiger partial charge >= 0.3 is 0 Å². The Kier molecular flexibility index (Phi) is 6.79. The molecule has 0 aliphatic heterocycles. The van der Waals surface area contributed by atoms with Gasteiger partial charge in [0.25, 0.3) is 0 Å². The van der Waals surface area contributed by atoms with Gasteiger partial charge in [0.1, 0.15) is 11.2 Å². The SMILES string of the molecule is c1ccc(-c2ccc(-c3nc(-c4ccccc4)nc(-n4c5cc6ccccc6cc5c5cccc(-c6cccc7oc8ccccc8c67)c54)n3)cc2)cc1. The largest absolute Gasteiger partial charge is 0.456 e. The summed E-state index contributed by atoms with van der Waals surface area (Å²) >= 11 is 0. The number of benzene rings is 8. The minimum absolute atomic E-state index is 0.554. The van der Waals surface area contributed by atoms with E-state index in [0.717, 1.165) is 82.5 Å². The van der Waals surface area contributed by atoms with Gasteiger partial charge in [-0.15, -0.1) is 0 Å². The van der Waals surface area contributed by atoms with Crippen LogP contribution < -0.4 is 0 Å². The molecule has 8 aromatic carbocycles. The molecule has 5 nitrogen and oxygen atoms in total. The molecule has 0 aliphatic rings. The average molecular weight is 691 g/mol. The van der Waals surface area contributed by atoms with Crippen molar-refractivity contribution in [3.05, 3.63) is 182 Å². The Balaban J connectivity index is 1.23. The van der Waals surface area contributed by atoms with Gasteiger partial charge in [0, 0.05) is 38.2 Å². The van der Waals surface area contributed by atoms with Crippen molar-refractivity contribution in [2.45, 2.75) is 0 Å². The zero-order valence-corrected chi connectivity index (χ0v) is 29.0. The molecule has 0 aliphatic carbocycles. The summed E-state index contributed by atoms with van der Waals surface area (Å²) in [6.45, 7) is 0. The molecule has 0 unspecified atom stereocenters. The number of nitrogens with zero attached hydrogens (tertiary/aromatic N) is 4. The Morgan fingerprint density at radius 3 is 1.72 bits per heavy atom. The Morgan fingerprint density at radius 1 is 0.389 bits per heavy atom. The Bertz CT molecular complexity index is 3200. The van der Waals surface area contributed by atoms with E-state index in [4.69, 9.17) is 19.4 Å². The quantitative estimate of drug-likeness (QED) is 0.180. The Labute approximate surface area is 310 Å². The van der Waals surface area contributed by atoms with Crippen molar-refractivity contribution in [1.29, 1.82) is 0 Å². The highest BCUT2D eigenvalue weighted by Gasteiger charge is 2.23. The zero-order valence-electron chi connectivity index (χ0n) is 29.0. The highest BCUT2D eigenvalue weighted by molar-refractivity contribution is 6.20. The molecular formula is C49H30N4O. The van der Waals surface area contributed by atoms with Gasteiger partial charge in [0.15, 0.2) is 11.6 Å². The van der Waals surface area contributed by atoms with Crippen LogP contribution in [0, 0.1) is 0 Å². The first-order valence-electron chi connectivity index (χ1n) is 18.1. The van der Waals surface area contributed by atoms with Crippen LogP contribution in [-0.2, 0) is 0 Å². The van der Waals surface area contributed by atoms with E-state index in [2.05, 4.69) is 150 Å². The number of aromatic nitrogens is 4. The molecule has 0 N–H and O–H groups in total. The lowest BCUT2D eigenvalue weighted by atomic mass is 9.97. The summed E-state index contributed by atoms with van der Waals surface area (Å²) in [7, 11) is 0. The molecule has 0 amide bonds. The molecular weight excluding hydrogens is 661 g/mol. The van der Waals surface area contributed by atoms with E-state index < -0.39 is 0 Å². The lowest BCUT2D eigenvalue weighted by molar-refractivity contribution is 0.669. The van der Waals surface area contributed by atoms with Crippen molar-refractivity contribution in [3.8, 4) is 51.0 Å². The van der Waals surface area contributed by atoms with Gasteiger partial charge in [0.05, 0.1) is 11.0 Å². The molecule has 5 heteroatoms. The number of hydrogen-bond donors (Lipinski definition) is 0. The summed E-state index contributed by atoms with van der Waals surface area (Å²) in [5.41, 5.74) is 10.1. The molecule has 11 aromatic rings. The third kappa shape index (κ3) is 4.83. The summed E-state index contributed by atoms with van der Waals surface area (Å²) in [5, 5.41) is 6.74. The molecule has 252 valence electrons. The maximum absolute atomic E-state index is 6.38. The van der Waals surface area contributed by atoms with Gasteiger partial charge < -0.3 is 4.42 Å². The Hall–Kier alpha value is -7.37. The predicted molar refractivity (Wildman–Crippen MR) is 221 cm³/mol. The molecule has 54 heavy (non-hydrogen) atoms. The van der Waals surface area contributed by atoms with Gasteiger partial charge in [-0.05, 0) is 51.7 Å². The van der Waals surface area contributed by atoms with Gasteiger partial charge in [-0.1, -0.05) is 158 Å². The van der Waals surface area contributed by atoms with Crippen molar-refractivity contribution >= 4 is 54.5 Å². The molecule has 3 heterocycles. The first kappa shape index (κ1) is 30.3. The topological polar surface area (TPSA) is 56.7 Å². The number of fused-ring (bicyclic) bond motifs is 7. The number of hydrogen-bond acceptors (Lipinski definition) is 4. The van der Waals surface area contributed by atoms with Crippen LogP contribution >= 0.6 is 0 Å². The van der Waals surface area contributed by atoms with E-state index in [1.165, 1.54) is 5.39 Å². The molecule has 0 fully saturated rings. The summed E-state index contributed by atoms with van der Waals surface area (Å²) < 4.78 is 8.62. The summed E-state index contributed by atoms with van der Waals surface area (Å²) in [6, 6.07) is 63.3. The second-order valence-corrected chi connectivity index (χ2v) is 13.6. The number of rotatable bonds is 5. The van der Waals surface area contributed by atoms with Crippen LogP contribution in [0.3, 0.4) is 0 Å². The van der Waals surface area contributed by atoms with Crippen molar-refractivity contribution in [1.82, 2.24) is 19.5 Å². The normalized spacial score (nSPS) is 11.7. The Morgan fingerprint density at radius 2 is 0.944 bits per heavy atom. The minimum Gasteiger partial charge on any atom is -0.456 e. The third-order valence-electron chi connectivity index (χ3n) is 10.5. The van der Waals surface area contributed by atoms with Crippen LogP contribution in [-0.4, -0.2) is 19.5 Å². The van der Waals surface area contributed by atoms with Crippen molar-refractivity contribution in [2.75, 3.05) is 0 Å². The second kappa shape index (κ2) is 12.1. The molecule has 0 saturated heterocycles. The highest BCUT2D eigenvalue weighted by Crippen LogP contribution is 2.43. The van der Waals surface area contributed by atoms with E-state index in [1.807, 2.05) is 36.4 Å². The summed E-state index contributed by atoms with van der Waals surface area (Å²) in [4.78, 5) is 15.7. The number of furan rings is 1. The van der Waals surface area contributed by atoms with E-state index >= 15 is 0 Å². The van der Waals surface area contributed by atoms with Crippen molar-refractivity contribution in [2.24, 2.45) is 0 Å². The highest BCUT2D eigenvalue weighted by atomic mass is 16.3. The van der Waals surface area contributed by atoms with Crippen LogP contribution in [0.5, 0.6) is 0 Å². The van der Waals surface area contributed by atoms with Crippen LogP contribution in [0.15, 0.2) is 186 Å². The molecule has 3 aromatic heterocycles. The third-order valence-corrected chi connectivity index (χ3v) is 10.5. The van der Waals surface area contributed by atoms with E-state index in [0.29, 0.717) is 17.6 Å². The second-order valence-electron chi connectivity index (χ2n) is 13.6. The molecule has 0 atom stereocenters. The summed E-state index contributed by atoms with van der Waals surface area (Å²) in [6.07, 6.45) is 0. The fourth-order valence-corrected chi connectivity index (χ4v) is 7.93. The summed E-state index contributed by atoms with van der Waals surface area (Å²) in [5.74, 6) is 1.77. The van der Waals surface area contributed by atoms with E-state index in [9.17, 15) is 0 Å². The average Bonchev–Trinajstić information content (AvgIpc) is 3.79. The van der Waals surface area contributed by atoms with Crippen LogP contribution in [0.2, 0.25) is 0 Å². The van der Waals surface area contributed by atoms with Gasteiger partial charge in [0.2, 0.25) is 5.95 Å². The molecule has 0 saturated carbocycles.